The minimum Gasteiger partial charge on any atom is -0.367 e. The Morgan fingerprint density at radius 1 is 1.24 bits per heavy atom. The third-order valence-electron chi connectivity index (χ3n) is 6.30. The van der Waals surface area contributed by atoms with Crippen LogP contribution in [0.25, 0.3) is 0 Å². The Bertz CT molecular complexity index is 937. The van der Waals surface area contributed by atoms with E-state index in [4.69, 9.17) is 16.3 Å². The number of nitrogens with zero attached hydrogens (tertiary/aromatic N) is 4. The molecule has 1 aliphatic heterocycles. The largest absolute Gasteiger partial charge is 0.367 e. The molecule has 1 N–H and O–H groups in total. The zero-order valence-corrected chi connectivity index (χ0v) is 21.3. The zero-order valence-electron chi connectivity index (χ0n) is 20.5. The third-order valence-corrected chi connectivity index (χ3v) is 6.55. The quantitative estimate of drug-likeness (QED) is 0.558. The number of hydrogen-bond donors (Lipinski definition) is 1. The summed E-state index contributed by atoms with van der Waals surface area (Å²) in [5, 5.41) is 4.10. The predicted octanol–water partition coefficient (Wildman–Crippen LogP) is 4.18. The molecule has 1 aliphatic rings. The lowest BCUT2D eigenvalue weighted by Gasteiger charge is -2.34. The van der Waals surface area contributed by atoms with Gasteiger partial charge in [-0.25, -0.2) is 9.97 Å². The fraction of sp³-hybridized carbons (Fsp3) is 0.560. The van der Waals surface area contributed by atoms with Crippen molar-refractivity contribution in [2.45, 2.75) is 65.3 Å². The van der Waals surface area contributed by atoms with E-state index in [1.165, 1.54) is 0 Å². The number of aromatic nitrogens is 2. The van der Waals surface area contributed by atoms with Gasteiger partial charge in [-0.05, 0) is 38.5 Å². The van der Waals surface area contributed by atoms with Gasteiger partial charge in [0.05, 0.1) is 24.3 Å². The fourth-order valence-electron chi connectivity index (χ4n) is 4.16. The molecular weight excluding hydrogens is 438 g/mol. The molecule has 0 spiro atoms. The van der Waals surface area contributed by atoms with Crippen molar-refractivity contribution in [1.82, 2.24) is 20.2 Å². The van der Waals surface area contributed by atoms with E-state index in [0.29, 0.717) is 31.3 Å². The highest BCUT2D eigenvalue weighted by atomic mass is 35.5. The average molecular weight is 474 g/mol. The van der Waals surface area contributed by atoms with Crippen LogP contribution >= 0.6 is 11.6 Å². The third kappa shape index (κ3) is 6.02. The number of benzene rings is 1. The maximum atomic E-state index is 13.7. The van der Waals surface area contributed by atoms with Gasteiger partial charge in [0.15, 0.2) is 0 Å². The van der Waals surface area contributed by atoms with E-state index in [9.17, 15) is 4.79 Å². The Morgan fingerprint density at radius 2 is 1.94 bits per heavy atom. The van der Waals surface area contributed by atoms with Gasteiger partial charge in [0.1, 0.15) is 12.1 Å². The van der Waals surface area contributed by atoms with Crippen molar-refractivity contribution < 1.29 is 9.53 Å². The van der Waals surface area contributed by atoms with Gasteiger partial charge in [-0.3, -0.25) is 4.79 Å². The van der Waals surface area contributed by atoms with Crippen molar-refractivity contribution in [2.24, 2.45) is 0 Å². The monoisotopic (exact) mass is 473 g/mol. The number of nitrogens with one attached hydrogen (secondary N) is 1. The van der Waals surface area contributed by atoms with E-state index < -0.39 is 0 Å². The van der Waals surface area contributed by atoms with E-state index in [-0.39, 0.29) is 30.0 Å². The molecular formula is C25H36ClN5O2. The van der Waals surface area contributed by atoms with Crippen LogP contribution in [0.3, 0.4) is 0 Å². The van der Waals surface area contributed by atoms with Gasteiger partial charge in [0.25, 0.3) is 0 Å². The van der Waals surface area contributed by atoms with E-state index in [2.05, 4.69) is 41.0 Å². The SMILES string of the molecule is CCN(C[C@H](C)N(C)c1ncnc2c1C(C)OC2)C(=O)C(CNC(C)C)c1ccc(Cl)cc1. The lowest BCUT2D eigenvalue weighted by Crippen LogP contribution is -2.47. The summed E-state index contributed by atoms with van der Waals surface area (Å²) in [6.45, 7) is 12.7. The molecule has 8 heteroatoms. The van der Waals surface area contributed by atoms with Crippen molar-refractivity contribution in [1.29, 1.82) is 0 Å². The second-order valence-corrected chi connectivity index (χ2v) is 9.45. The Kier molecular flexibility index (Phi) is 8.68. The Hall–Kier alpha value is -2.22. The van der Waals surface area contributed by atoms with Crippen LogP contribution in [0.15, 0.2) is 30.6 Å². The first-order valence-corrected chi connectivity index (χ1v) is 12.1. The minimum absolute atomic E-state index is 0.0360. The number of halogens is 1. The number of carbonyl (C=O) groups is 1. The van der Waals surface area contributed by atoms with Crippen LogP contribution in [0.4, 0.5) is 5.82 Å². The zero-order chi connectivity index (χ0) is 24.1. The van der Waals surface area contributed by atoms with Crippen molar-refractivity contribution >= 4 is 23.3 Å². The molecule has 3 rings (SSSR count). The summed E-state index contributed by atoms with van der Waals surface area (Å²) in [7, 11) is 2.02. The number of carbonyl (C=O) groups excluding carboxylic acids is 1. The smallest absolute Gasteiger partial charge is 0.231 e. The molecule has 1 aromatic heterocycles. The van der Waals surface area contributed by atoms with Gasteiger partial charge in [-0.2, -0.15) is 0 Å². The van der Waals surface area contributed by atoms with Crippen LogP contribution in [0, 0.1) is 0 Å². The molecule has 0 radical (unpaired) electrons. The van der Waals surface area contributed by atoms with Gasteiger partial charge in [-0.1, -0.05) is 37.6 Å². The van der Waals surface area contributed by atoms with Crippen LogP contribution in [0.1, 0.15) is 63.5 Å². The summed E-state index contributed by atoms with van der Waals surface area (Å²) in [6.07, 6.45) is 1.56. The number of amides is 1. The molecule has 2 heterocycles. The Labute approximate surface area is 202 Å². The lowest BCUT2D eigenvalue weighted by molar-refractivity contribution is -0.132. The van der Waals surface area contributed by atoms with Crippen LogP contribution in [-0.2, 0) is 16.1 Å². The Balaban J connectivity index is 1.78. The maximum Gasteiger partial charge on any atom is 0.231 e. The molecule has 3 atom stereocenters. The molecule has 0 saturated carbocycles. The Morgan fingerprint density at radius 3 is 2.58 bits per heavy atom. The first-order valence-electron chi connectivity index (χ1n) is 11.7. The second-order valence-electron chi connectivity index (χ2n) is 9.01. The maximum absolute atomic E-state index is 13.7. The van der Waals surface area contributed by atoms with Gasteiger partial charge in [0.2, 0.25) is 5.91 Å². The van der Waals surface area contributed by atoms with Crippen LogP contribution < -0.4 is 10.2 Å². The summed E-state index contributed by atoms with van der Waals surface area (Å²) < 4.78 is 5.76. The number of likely N-dealkylation sites (N-methyl/N-ethyl adjacent to an activating group) is 2. The number of ether oxygens (including phenoxy) is 1. The summed E-state index contributed by atoms with van der Waals surface area (Å²) in [4.78, 5) is 26.7. The van der Waals surface area contributed by atoms with Gasteiger partial charge < -0.3 is 19.9 Å². The predicted molar refractivity (Wildman–Crippen MR) is 133 cm³/mol. The summed E-state index contributed by atoms with van der Waals surface area (Å²) >= 11 is 6.09. The molecule has 7 nitrogen and oxygen atoms in total. The van der Waals surface area contributed by atoms with Gasteiger partial charge >= 0.3 is 0 Å². The molecule has 2 aromatic rings. The standard InChI is InChI=1S/C25H36ClN5O2/c1-7-31(25(32)21(12-27-16(2)3)19-8-10-20(26)11-9-19)13-17(4)30(6)24-23-18(5)33-14-22(23)28-15-29-24/h8-11,15-18,21,27H,7,12-14H2,1-6H3/t17-,18?,21?/m0/s1. The first-order chi connectivity index (χ1) is 15.7. The number of rotatable bonds is 10. The average Bonchev–Trinajstić information content (AvgIpc) is 3.18. The van der Waals surface area contributed by atoms with Crippen molar-refractivity contribution in [3.05, 3.63) is 52.4 Å². The highest BCUT2D eigenvalue weighted by molar-refractivity contribution is 6.30. The fourth-order valence-corrected chi connectivity index (χ4v) is 4.29. The molecule has 180 valence electrons. The highest BCUT2D eigenvalue weighted by Crippen LogP contribution is 2.35. The van der Waals surface area contributed by atoms with Crippen LogP contribution in [-0.4, -0.2) is 59.5 Å². The number of hydrogen-bond acceptors (Lipinski definition) is 6. The van der Waals surface area contributed by atoms with Crippen LogP contribution in [0.2, 0.25) is 5.02 Å². The first kappa shape index (κ1) is 25.4. The van der Waals surface area contributed by atoms with E-state index >= 15 is 0 Å². The summed E-state index contributed by atoms with van der Waals surface area (Å²) in [6, 6.07) is 7.93. The molecule has 33 heavy (non-hydrogen) atoms. The molecule has 1 amide bonds. The van der Waals surface area contributed by atoms with E-state index in [0.717, 1.165) is 22.6 Å². The van der Waals surface area contributed by atoms with E-state index in [1.54, 1.807) is 6.33 Å². The van der Waals surface area contributed by atoms with Crippen molar-refractivity contribution in [3.8, 4) is 0 Å². The molecule has 2 unspecified atom stereocenters. The van der Waals surface area contributed by atoms with Crippen molar-refractivity contribution in [2.75, 3.05) is 31.6 Å². The van der Waals surface area contributed by atoms with Gasteiger partial charge in [0, 0.05) is 49.4 Å². The van der Waals surface area contributed by atoms with Crippen molar-refractivity contribution in [3.63, 3.8) is 0 Å². The molecule has 1 aromatic carbocycles. The summed E-state index contributed by atoms with van der Waals surface area (Å²) in [5.41, 5.74) is 2.95. The second kappa shape index (κ2) is 11.3. The number of anilines is 1. The van der Waals surface area contributed by atoms with Crippen LogP contribution in [0.5, 0.6) is 0 Å². The summed E-state index contributed by atoms with van der Waals surface area (Å²) in [5.74, 6) is 0.702. The lowest BCUT2D eigenvalue weighted by atomic mass is 9.96. The van der Waals surface area contributed by atoms with Gasteiger partial charge in [-0.15, -0.1) is 0 Å². The number of fused-ring (bicyclic) bond motifs is 1. The normalized spacial score (nSPS) is 17.0. The molecule has 0 fully saturated rings. The molecule has 0 saturated heterocycles. The molecule has 0 bridgehead atoms. The van der Waals surface area contributed by atoms with E-state index in [1.807, 2.05) is 50.1 Å². The molecule has 0 aliphatic carbocycles. The highest BCUT2D eigenvalue weighted by Gasteiger charge is 2.30. The minimum atomic E-state index is -0.279. The topological polar surface area (TPSA) is 70.6 Å².